The molecule has 1 aromatic heterocycles. The van der Waals surface area contributed by atoms with Crippen LogP contribution in [0.4, 0.5) is 5.69 Å². The zero-order valence-corrected chi connectivity index (χ0v) is 19.3. The first kappa shape index (κ1) is 22.3. The van der Waals surface area contributed by atoms with Crippen molar-refractivity contribution in [3.63, 3.8) is 0 Å². The minimum atomic E-state index is -0.138. The van der Waals surface area contributed by atoms with Gasteiger partial charge in [0.15, 0.2) is 11.0 Å². The van der Waals surface area contributed by atoms with Crippen molar-refractivity contribution in [2.75, 3.05) is 11.1 Å². The van der Waals surface area contributed by atoms with Gasteiger partial charge in [0.25, 0.3) is 5.91 Å². The van der Waals surface area contributed by atoms with E-state index in [4.69, 9.17) is 0 Å². The zero-order valence-electron chi connectivity index (χ0n) is 18.5. The number of benzene rings is 2. The highest BCUT2D eigenvalue weighted by molar-refractivity contribution is 7.99. The van der Waals surface area contributed by atoms with Crippen LogP contribution >= 0.6 is 11.8 Å². The van der Waals surface area contributed by atoms with Crippen LogP contribution < -0.4 is 5.32 Å². The smallest absolute Gasteiger partial charge is 0.252 e. The molecule has 1 aliphatic rings. The molecule has 1 fully saturated rings. The van der Waals surface area contributed by atoms with E-state index in [-0.39, 0.29) is 23.5 Å². The molecule has 0 saturated heterocycles. The fourth-order valence-electron chi connectivity index (χ4n) is 4.14. The molecule has 0 unspecified atom stereocenters. The molecule has 166 valence electrons. The Kier molecular flexibility index (Phi) is 7.05. The van der Waals surface area contributed by atoms with Crippen molar-refractivity contribution in [3.05, 3.63) is 59.7 Å². The average Bonchev–Trinajstić information content (AvgIpc) is 3.22. The van der Waals surface area contributed by atoms with Crippen molar-refractivity contribution in [1.82, 2.24) is 14.8 Å². The topological polar surface area (TPSA) is 76.9 Å². The van der Waals surface area contributed by atoms with E-state index in [1.54, 1.807) is 0 Å². The standard InChI is InChI=1S/C25H28N4O2S/c1-17-13-18(2)15-21(14-17)26-22(30)16-32-25-27-23(19-9-5-3-6-10-19)28-29(25)24(31)20-11-7-4-8-12-20/h3,5-6,9-10,13-15,20H,4,7-8,11-12,16H2,1-2H3,(H,26,30). The summed E-state index contributed by atoms with van der Waals surface area (Å²) < 4.78 is 1.42. The maximum atomic E-state index is 13.2. The molecule has 1 heterocycles. The summed E-state index contributed by atoms with van der Waals surface area (Å²) in [6.45, 7) is 4.00. The highest BCUT2D eigenvalue weighted by Gasteiger charge is 2.27. The van der Waals surface area contributed by atoms with Gasteiger partial charge < -0.3 is 5.32 Å². The van der Waals surface area contributed by atoms with E-state index < -0.39 is 0 Å². The Labute approximate surface area is 192 Å². The Morgan fingerprint density at radius 3 is 2.41 bits per heavy atom. The van der Waals surface area contributed by atoms with Gasteiger partial charge in [-0.15, -0.1) is 5.10 Å². The van der Waals surface area contributed by atoms with Gasteiger partial charge in [-0.25, -0.2) is 4.98 Å². The fraction of sp³-hybridized carbons (Fsp3) is 0.360. The van der Waals surface area contributed by atoms with Crippen LogP contribution in [0, 0.1) is 19.8 Å². The maximum Gasteiger partial charge on any atom is 0.252 e. The third kappa shape index (κ3) is 5.46. The summed E-state index contributed by atoms with van der Waals surface area (Å²) in [5.74, 6) is 0.472. The van der Waals surface area contributed by atoms with Crippen LogP contribution in [-0.4, -0.2) is 32.3 Å². The minimum Gasteiger partial charge on any atom is -0.325 e. The fourth-order valence-corrected chi connectivity index (χ4v) is 4.88. The van der Waals surface area contributed by atoms with Crippen LogP contribution in [0.3, 0.4) is 0 Å². The Bertz CT molecular complexity index is 1080. The lowest BCUT2D eigenvalue weighted by atomic mass is 9.89. The molecule has 0 aliphatic heterocycles. The van der Waals surface area contributed by atoms with Crippen LogP contribution in [-0.2, 0) is 4.79 Å². The van der Waals surface area contributed by atoms with Crippen molar-refractivity contribution >= 4 is 29.3 Å². The Morgan fingerprint density at radius 1 is 1.03 bits per heavy atom. The molecule has 0 spiro atoms. The van der Waals surface area contributed by atoms with Gasteiger partial charge in [-0.1, -0.05) is 67.4 Å². The second-order valence-corrected chi connectivity index (χ2v) is 9.32. The van der Waals surface area contributed by atoms with Gasteiger partial charge in [-0.05, 0) is 49.9 Å². The largest absolute Gasteiger partial charge is 0.325 e. The first-order valence-electron chi connectivity index (χ1n) is 11.1. The number of hydrogen-bond donors (Lipinski definition) is 1. The van der Waals surface area contributed by atoms with Crippen LogP contribution in [0.5, 0.6) is 0 Å². The molecule has 32 heavy (non-hydrogen) atoms. The molecule has 1 amide bonds. The van der Waals surface area contributed by atoms with E-state index in [1.165, 1.54) is 22.9 Å². The van der Waals surface area contributed by atoms with Gasteiger partial charge in [0, 0.05) is 17.2 Å². The van der Waals surface area contributed by atoms with Gasteiger partial charge in [-0.2, -0.15) is 4.68 Å². The summed E-state index contributed by atoms with van der Waals surface area (Å²) in [7, 11) is 0. The van der Waals surface area contributed by atoms with Gasteiger partial charge in [0.2, 0.25) is 5.91 Å². The molecule has 7 heteroatoms. The van der Waals surface area contributed by atoms with E-state index in [9.17, 15) is 9.59 Å². The lowest BCUT2D eigenvalue weighted by Crippen LogP contribution is -2.26. The molecular weight excluding hydrogens is 420 g/mol. The molecule has 0 radical (unpaired) electrons. The first-order chi connectivity index (χ1) is 15.5. The van der Waals surface area contributed by atoms with E-state index in [0.717, 1.165) is 48.1 Å². The first-order valence-corrected chi connectivity index (χ1v) is 12.1. The molecule has 0 atom stereocenters. The minimum absolute atomic E-state index is 0.0170. The highest BCUT2D eigenvalue weighted by Crippen LogP contribution is 2.28. The molecular formula is C25H28N4O2S. The normalized spacial score (nSPS) is 14.3. The van der Waals surface area contributed by atoms with Crippen LogP contribution in [0.25, 0.3) is 11.4 Å². The number of nitrogens with one attached hydrogen (secondary N) is 1. The number of amides is 1. The molecule has 1 N–H and O–H groups in total. The third-order valence-corrected chi connectivity index (χ3v) is 6.54. The van der Waals surface area contributed by atoms with Crippen molar-refractivity contribution in [2.45, 2.75) is 51.1 Å². The van der Waals surface area contributed by atoms with Crippen LogP contribution in [0.2, 0.25) is 0 Å². The van der Waals surface area contributed by atoms with E-state index >= 15 is 0 Å². The second-order valence-electron chi connectivity index (χ2n) is 8.38. The number of carbonyl (C=O) groups excluding carboxylic acids is 2. The summed E-state index contributed by atoms with van der Waals surface area (Å²) in [5, 5.41) is 7.95. The van der Waals surface area contributed by atoms with Gasteiger partial charge in [-0.3, -0.25) is 9.59 Å². The summed E-state index contributed by atoms with van der Waals surface area (Å²) in [4.78, 5) is 30.4. The summed E-state index contributed by atoms with van der Waals surface area (Å²) in [6, 6.07) is 15.6. The lowest BCUT2D eigenvalue weighted by molar-refractivity contribution is -0.113. The average molecular weight is 449 g/mol. The van der Waals surface area contributed by atoms with Crippen molar-refractivity contribution < 1.29 is 9.59 Å². The van der Waals surface area contributed by atoms with E-state index in [2.05, 4.69) is 21.5 Å². The SMILES string of the molecule is Cc1cc(C)cc(NC(=O)CSc2nc(-c3ccccc3)nn2C(=O)C2CCCCC2)c1. The molecule has 1 aliphatic carbocycles. The summed E-state index contributed by atoms with van der Waals surface area (Å²) in [5.41, 5.74) is 3.82. The number of nitrogens with zero attached hydrogens (tertiary/aromatic N) is 3. The predicted octanol–water partition coefficient (Wildman–Crippen LogP) is 5.51. The quantitative estimate of drug-likeness (QED) is 0.503. The number of rotatable bonds is 6. The molecule has 6 nitrogen and oxygen atoms in total. The molecule has 0 bridgehead atoms. The molecule has 4 rings (SSSR count). The zero-order chi connectivity index (χ0) is 22.5. The second kappa shape index (κ2) is 10.1. The van der Waals surface area contributed by atoms with Crippen molar-refractivity contribution in [1.29, 1.82) is 0 Å². The molecule has 3 aromatic rings. The number of carbonyl (C=O) groups is 2. The summed E-state index contributed by atoms with van der Waals surface area (Å²) >= 11 is 1.25. The molecule has 1 saturated carbocycles. The van der Waals surface area contributed by atoms with Crippen LogP contribution in [0.1, 0.15) is 48.0 Å². The Hall–Kier alpha value is -2.93. The summed E-state index contributed by atoms with van der Waals surface area (Å²) in [6.07, 6.45) is 5.08. The third-order valence-electron chi connectivity index (χ3n) is 5.61. The number of aromatic nitrogens is 3. The maximum absolute atomic E-state index is 13.2. The van der Waals surface area contributed by atoms with E-state index in [0.29, 0.717) is 11.0 Å². The number of hydrogen-bond acceptors (Lipinski definition) is 5. The van der Waals surface area contributed by atoms with Gasteiger partial charge in [0.1, 0.15) is 0 Å². The predicted molar refractivity (Wildman–Crippen MR) is 128 cm³/mol. The van der Waals surface area contributed by atoms with E-state index in [1.807, 2.05) is 56.3 Å². The molecule has 2 aromatic carbocycles. The highest BCUT2D eigenvalue weighted by atomic mass is 32.2. The van der Waals surface area contributed by atoms with Crippen molar-refractivity contribution in [2.24, 2.45) is 5.92 Å². The number of anilines is 1. The van der Waals surface area contributed by atoms with Gasteiger partial charge >= 0.3 is 0 Å². The Balaban J connectivity index is 1.52. The lowest BCUT2D eigenvalue weighted by Gasteiger charge is -2.20. The Morgan fingerprint density at radius 2 is 1.72 bits per heavy atom. The number of thioether (sulfide) groups is 1. The van der Waals surface area contributed by atoms with Crippen molar-refractivity contribution in [3.8, 4) is 11.4 Å². The van der Waals surface area contributed by atoms with Crippen LogP contribution in [0.15, 0.2) is 53.7 Å². The monoisotopic (exact) mass is 448 g/mol. The van der Waals surface area contributed by atoms with Gasteiger partial charge in [0.05, 0.1) is 5.75 Å². The number of aryl methyl sites for hydroxylation is 2.